The molecule has 0 fully saturated rings. The quantitative estimate of drug-likeness (QED) is 0.727. The van der Waals surface area contributed by atoms with Crippen LogP contribution in [0.3, 0.4) is 0 Å². The van der Waals surface area contributed by atoms with Gasteiger partial charge in [0.05, 0.1) is 5.56 Å². The molecule has 9 heteroatoms. The van der Waals surface area contributed by atoms with E-state index in [4.69, 9.17) is 20.5 Å². The number of ether oxygens (including phenoxy) is 2. The predicted molar refractivity (Wildman–Crippen MR) is 104 cm³/mol. The van der Waals surface area contributed by atoms with Gasteiger partial charge in [0.2, 0.25) is 0 Å². The number of halogens is 2. The van der Waals surface area contributed by atoms with E-state index >= 15 is 0 Å². The van der Waals surface area contributed by atoms with Crippen molar-refractivity contribution in [2.75, 3.05) is 13.8 Å². The highest BCUT2D eigenvalue weighted by molar-refractivity contribution is 5.95. The van der Waals surface area contributed by atoms with Crippen molar-refractivity contribution in [3.05, 3.63) is 64.7 Å². The van der Waals surface area contributed by atoms with E-state index < -0.39 is 30.2 Å². The van der Waals surface area contributed by atoms with Gasteiger partial charge in [-0.25, -0.2) is 13.8 Å². The zero-order chi connectivity index (χ0) is 21.9. The first-order chi connectivity index (χ1) is 14.3. The van der Waals surface area contributed by atoms with Crippen LogP contribution in [-0.2, 0) is 21.4 Å². The van der Waals surface area contributed by atoms with Gasteiger partial charge in [-0.2, -0.15) is 5.26 Å². The molecule has 1 aromatic carbocycles. The summed E-state index contributed by atoms with van der Waals surface area (Å²) in [6, 6.07) is 8.80. The van der Waals surface area contributed by atoms with E-state index in [0.29, 0.717) is 11.1 Å². The molecule has 0 saturated carbocycles. The molecule has 30 heavy (non-hydrogen) atoms. The smallest absolute Gasteiger partial charge is 0.283 e. The topological polar surface area (TPSA) is 111 Å². The summed E-state index contributed by atoms with van der Waals surface area (Å²) < 4.78 is 38.8. The minimum absolute atomic E-state index is 0.0534. The molecule has 0 spiro atoms. The van der Waals surface area contributed by atoms with Crippen LogP contribution in [0.15, 0.2) is 41.5 Å². The third kappa shape index (κ3) is 4.00. The van der Waals surface area contributed by atoms with Gasteiger partial charge < -0.3 is 15.2 Å². The van der Waals surface area contributed by atoms with Crippen LogP contribution >= 0.6 is 0 Å². The Morgan fingerprint density at radius 2 is 2.17 bits per heavy atom. The van der Waals surface area contributed by atoms with E-state index in [1.54, 1.807) is 6.92 Å². The molecule has 0 saturated heterocycles. The predicted octanol–water partition coefficient (Wildman–Crippen LogP) is 2.43. The lowest BCUT2D eigenvalue weighted by Crippen LogP contribution is -2.53. The summed E-state index contributed by atoms with van der Waals surface area (Å²) in [5, 5.41) is 8.83. The summed E-state index contributed by atoms with van der Waals surface area (Å²) in [5.41, 5.74) is 5.48. The number of nitrogens with two attached hydrogens (primary N) is 1. The van der Waals surface area contributed by atoms with Gasteiger partial charge in [0, 0.05) is 25.3 Å². The van der Waals surface area contributed by atoms with Crippen molar-refractivity contribution in [2.45, 2.75) is 31.1 Å². The minimum atomic E-state index is -1.36. The second-order valence-electron chi connectivity index (χ2n) is 7.02. The van der Waals surface area contributed by atoms with Gasteiger partial charge in [-0.1, -0.05) is 6.07 Å². The van der Waals surface area contributed by atoms with E-state index in [0.717, 1.165) is 0 Å². The Kier molecular flexibility index (Phi) is 6.08. The van der Waals surface area contributed by atoms with Gasteiger partial charge in [-0.15, -0.1) is 0 Å². The van der Waals surface area contributed by atoms with E-state index in [1.807, 2.05) is 6.07 Å². The molecule has 3 atom stereocenters. The number of aliphatic imine (C=N–C) groups is 1. The number of Topliss-reactive ketones (excluding diaryl/α,β-unsaturated/α-hetero) is 1. The highest BCUT2D eigenvalue weighted by Gasteiger charge is 2.47. The summed E-state index contributed by atoms with van der Waals surface area (Å²) in [7, 11) is 1.35. The van der Waals surface area contributed by atoms with Gasteiger partial charge >= 0.3 is 0 Å². The van der Waals surface area contributed by atoms with Crippen LogP contribution in [-0.4, -0.2) is 42.8 Å². The number of carbonyl (C=O) groups excluding carboxylic acids is 1. The number of pyridine rings is 1. The maximum absolute atomic E-state index is 14.8. The average molecular weight is 414 g/mol. The Morgan fingerprint density at radius 1 is 1.40 bits per heavy atom. The minimum Gasteiger partial charge on any atom is -0.456 e. The fourth-order valence-corrected chi connectivity index (χ4v) is 3.58. The highest BCUT2D eigenvalue weighted by Crippen LogP contribution is 2.38. The van der Waals surface area contributed by atoms with Crippen molar-refractivity contribution in [2.24, 2.45) is 10.7 Å². The molecular weight excluding hydrogens is 394 g/mol. The third-order valence-corrected chi connectivity index (χ3v) is 5.03. The maximum atomic E-state index is 14.8. The van der Waals surface area contributed by atoms with Crippen LogP contribution in [0.1, 0.15) is 34.1 Å². The number of aromatic nitrogens is 1. The summed E-state index contributed by atoms with van der Waals surface area (Å²) in [6.07, 6.45) is -0.729. The average Bonchev–Trinajstić information content (AvgIpc) is 2.74. The van der Waals surface area contributed by atoms with Gasteiger partial charge in [0.25, 0.3) is 6.02 Å². The number of carbonyl (C=O) groups is 1. The molecule has 2 aromatic rings. The molecule has 0 bridgehead atoms. The summed E-state index contributed by atoms with van der Waals surface area (Å²) >= 11 is 0. The molecule has 3 rings (SSSR count). The number of rotatable bonds is 6. The molecule has 1 aliphatic heterocycles. The second-order valence-corrected chi connectivity index (χ2v) is 7.02. The number of nitrogens with zero attached hydrogens (tertiary/aromatic N) is 3. The molecule has 2 N–H and O–H groups in total. The first-order valence-corrected chi connectivity index (χ1v) is 9.11. The van der Waals surface area contributed by atoms with Crippen molar-refractivity contribution in [3.63, 3.8) is 0 Å². The van der Waals surface area contributed by atoms with Crippen molar-refractivity contribution in [1.29, 1.82) is 5.26 Å². The Hall–Kier alpha value is -3.38. The lowest BCUT2D eigenvalue weighted by molar-refractivity contribution is -0.0705. The second kappa shape index (κ2) is 8.55. The molecule has 0 aliphatic carbocycles. The monoisotopic (exact) mass is 414 g/mol. The number of alkyl halides is 1. The van der Waals surface area contributed by atoms with Crippen LogP contribution in [0.2, 0.25) is 0 Å². The van der Waals surface area contributed by atoms with Crippen LogP contribution in [0.5, 0.6) is 0 Å². The van der Waals surface area contributed by atoms with E-state index in [9.17, 15) is 13.6 Å². The summed E-state index contributed by atoms with van der Waals surface area (Å²) in [5.74, 6) is -0.898. The lowest BCUT2D eigenvalue weighted by Gasteiger charge is -2.41. The zero-order valence-corrected chi connectivity index (χ0v) is 16.4. The number of methoxy groups -OCH3 is 1. The van der Waals surface area contributed by atoms with Crippen molar-refractivity contribution >= 4 is 11.8 Å². The van der Waals surface area contributed by atoms with Crippen LogP contribution in [0.25, 0.3) is 0 Å². The number of amidine groups is 1. The van der Waals surface area contributed by atoms with Crippen molar-refractivity contribution < 1.29 is 23.0 Å². The zero-order valence-electron chi connectivity index (χ0n) is 16.4. The largest absolute Gasteiger partial charge is 0.456 e. The molecule has 1 aliphatic rings. The third-order valence-electron chi connectivity index (χ3n) is 5.03. The molecule has 0 radical (unpaired) electrons. The highest BCUT2D eigenvalue weighted by atomic mass is 19.1. The lowest BCUT2D eigenvalue weighted by atomic mass is 9.82. The Labute approximate surface area is 172 Å². The van der Waals surface area contributed by atoms with Crippen LogP contribution in [0.4, 0.5) is 8.78 Å². The van der Waals surface area contributed by atoms with E-state index in [-0.39, 0.29) is 29.5 Å². The molecule has 7 nitrogen and oxygen atoms in total. The molecule has 156 valence electrons. The number of hydrogen-bond acceptors (Lipinski definition) is 7. The molecule has 2 heterocycles. The van der Waals surface area contributed by atoms with Crippen LogP contribution < -0.4 is 5.73 Å². The summed E-state index contributed by atoms with van der Waals surface area (Å²) in [6.45, 7) is 0.680. The Bertz CT molecular complexity index is 1020. The summed E-state index contributed by atoms with van der Waals surface area (Å²) in [4.78, 5) is 20.7. The van der Waals surface area contributed by atoms with E-state index in [2.05, 4.69) is 9.98 Å². The van der Waals surface area contributed by atoms with Crippen molar-refractivity contribution in [3.8, 4) is 6.07 Å². The van der Waals surface area contributed by atoms with Crippen molar-refractivity contribution in [1.82, 2.24) is 4.98 Å². The Balaban J connectivity index is 1.95. The number of ketones is 1. The molecule has 1 aromatic heterocycles. The number of nitriles is 1. The van der Waals surface area contributed by atoms with E-state index in [1.165, 1.54) is 43.6 Å². The first-order valence-electron chi connectivity index (χ1n) is 9.11. The van der Waals surface area contributed by atoms with Gasteiger partial charge in [-0.05, 0) is 36.8 Å². The van der Waals surface area contributed by atoms with Gasteiger partial charge in [0.15, 0.2) is 11.9 Å². The Morgan fingerprint density at radius 3 is 2.77 bits per heavy atom. The molecule has 0 amide bonds. The SMILES string of the molecule is CO[C@H]1[C@@H](CF)OC(N)=N[C@]1(C)c1cc(CC(=O)c2ccc(C#N)cn2)ccc1F. The molecule has 0 unspecified atom stereocenters. The van der Waals surface area contributed by atoms with Gasteiger partial charge in [-0.3, -0.25) is 9.78 Å². The molecular formula is C21H20F2N4O3. The maximum Gasteiger partial charge on any atom is 0.283 e. The fourth-order valence-electron chi connectivity index (χ4n) is 3.58. The first kappa shape index (κ1) is 21.3. The van der Waals surface area contributed by atoms with Crippen LogP contribution in [0, 0.1) is 17.1 Å². The standard InChI is InChI=1S/C21H20F2N4O3/c1-21(19(29-2)18(9-22)30-20(25)27-21)14-7-12(3-5-15(14)23)8-17(28)16-6-4-13(10-24)11-26-16/h3-7,11,18-19H,8-9H2,1-2H3,(H2,25,27)/t18-,19+,21-/m1/s1. The normalized spacial score (nSPS) is 23.2. The number of hydrogen-bond donors (Lipinski definition) is 1. The number of benzene rings is 1. The van der Waals surface area contributed by atoms with Gasteiger partial charge in [0.1, 0.15) is 35.9 Å². The fraction of sp³-hybridized carbons (Fsp3) is 0.333.